The van der Waals surface area contributed by atoms with Gasteiger partial charge in [-0.2, -0.15) is 0 Å². The Morgan fingerprint density at radius 3 is 2.33 bits per heavy atom. The van der Waals surface area contributed by atoms with Gasteiger partial charge in [-0.05, 0) is 20.8 Å². The summed E-state index contributed by atoms with van der Waals surface area (Å²) in [6.07, 6.45) is -0.429. The molecule has 0 aliphatic rings. The van der Waals surface area contributed by atoms with Crippen LogP contribution in [0, 0.1) is 0 Å². The van der Waals surface area contributed by atoms with E-state index in [1.807, 2.05) is 0 Å². The first-order chi connectivity index (χ1) is 8.11. The Morgan fingerprint density at radius 1 is 1.33 bits per heavy atom. The molecule has 104 valence electrons. The van der Waals surface area contributed by atoms with Gasteiger partial charge in [-0.1, -0.05) is 0 Å². The van der Waals surface area contributed by atoms with Crippen molar-refractivity contribution in [2.75, 3.05) is 6.54 Å². The summed E-state index contributed by atoms with van der Waals surface area (Å²) in [5.41, 5.74) is 4.76. The van der Waals surface area contributed by atoms with Crippen molar-refractivity contribution < 1.29 is 24.2 Å². The van der Waals surface area contributed by atoms with E-state index >= 15 is 0 Å². The maximum absolute atomic E-state index is 11.3. The van der Waals surface area contributed by atoms with E-state index in [2.05, 4.69) is 5.32 Å². The zero-order valence-corrected chi connectivity index (χ0v) is 10.9. The fraction of sp³-hybridized carbons (Fsp3) is 0.727. The number of esters is 1. The Labute approximate surface area is 106 Å². The third-order valence-corrected chi connectivity index (χ3v) is 1.78. The number of carbonyl (C=O) groups is 3. The van der Waals surface area contributed by atoms with Gasteiger partial charge < -0.3 is 20.9 Å². The standard InChI is InChI=1S/C11H20N2O5/c1-11(2,3)18-9(16)4-5-13-10(17)7(12)6-8(14)15/h7H,4-6,12H2,1-3H3,(H,13,17)(H,14,15). The number of carboxylic acid groups (broad SMARTS) is 1. The fourth-order valence-corrected chi connectivity index (χ4v) is 1.09. The maximum atomic E-state index is 11.3. The van der Waals surface area contributed by atoms with Gasteiger partial charge in [0.1, 0.15) is 5.60 Å². The number of carbonyl (C=O) groups excluding carboxylic acids is 2. The summed E-state index contributed by atoms with van der Waals surface area (Å²) in [7, 11) is 0. The van der Waals surface area contributed by atoms with Crippen LogP contribution in [0.15, 0.2) is 0 Å². The average molecular weight is 260 g/mol. The van der Waals surface area contributed by atoms with Crippen LogP contribution >= 0.6 is 0 Å². The summed E-state index contributed by atoms with van der Waals surface area (Å²) in [4.78, 5) is 32.9. The number of carboxylic acids is 1. The molecule has 1 unspecified atom stereocenters. The Hall–Kier alpha value is -1.63. The van der Waals surface area contributed by atoms with Crippen molar-refractivity contribution in [3.05, 3.63) is 0 Å². The fourth-order valence-electron chi connectivity index (χ4n) is 1.09. The second-order valence-electron chi connectivity index (χ2n) is 4.83. The molecular formula is C11H20N2O5. The molecule has 0 aromatic carbocycles. The van der Waals surface area contributed by atoms with Crippen LogP contribution in [0.3, 0.4) is 0 Å². The lowest BCUT2D eigenvalue weighted by atomic mass is 10.2. The van der Waals surface area contributed by atoms with E-state index in [1.54, 1.807) is 20.8 Å². The highest BCUT2D eigenvalue weighted by Crippen LogP contribution is 2.07. The van der Waals surface area contributed by atoms with Gasteiger partial charge in [-0.25, -0.2) is 0 Å². The molecule has 1 amide bonds. The number of rotatable bonds is 6. The largest absolute Gasteiger partial charge is 0.481 e. The first kappa shape index (κ1) is 16.4. The van der Waals surface area contributed by atoms with Crippen LogP contribution < -0.4 is 11.1 Å². The molecule has 0 aliphatic heterocycles. The maximum Gasteiger partial charge on any atom is 0.308 e. The molecule has 18 heavy (non-hydrogen) atoms. The number of ether oxygens (including phenoxy) is 1. The first-order valence-corrected chi connectivity index (χ1v) is 5.59. The molecule has 0 aromatic heterocycles. The van der Waals surface area contributed by atoms with E-state index in [1.165, 1.54) is 0 Å². The lowest BCUT2D eigenvalue weighted by Gasteiger charge is -2.19. The SMILES string of the molecule is CC(C)(C)OC(=O)CCNC(=O)C(N)CC(=O)O. The molecule has 7 nitrogen and oxygen atoms in total. The van der Waals surface area contributed by atoms with Crippen LogP contribution in [0.4, 0.5) is 0 Å². The van der Waals surface area contributed by atoms with Gasteiger partial charge in [0.2, 0.25) is 5.91 Å². The van der Waals surface area contributed by atoms with Crippen molar-refractivity contribution >= 4 is 17.8 Å². The highest BCUT2D eigenvalue weighted by atomic mass is 16.6. The Morgan fingerprint density at radius 2 is 1.89 bits per heavy atom. The number of nitrogens with two attached hydrogens (primary N) is 1. The minimum absolute atomic E-state index is 0.0167. The molecule has 0 heterocycles. The van der Waals surface area contributed by atoms with Crippen LogP contribution in [0.1, 0.15) is 33.6 Å². The van der Waals surface area contributed by atoms with Crippen molar-refractivity contribution in [3.63, 3.8) is 0 Å². The van der Waals surface area contributed by atoms with Crippen LogP contribution in [0.2, 0.25) is 0 Å². The predicted molar refractivity (Wildman–Crippen MR) is 63.7 cm³/mol. The monoisotopic (exact) mass is 260 g/mol. The van der Waals surface area contributed by atoms with Crippen molar-refractivity contribution in [1.29, 1.82) is 0 Å². The molecule has 0 saturated heterocycles. The zero-order valence-electron chi connectivity index (χ0n) is 10.9. The van der Waals surface area contributed by atoms with E-state index in [9.17, 15) is 14.4 Å². The highest BCUT2D eigenvalue weighted by molar-refractivity contribution is 5.86. The van der Waals surface area contributed by atoms with Gasteiger partial charge in [0.05, 0.1) is 18.9 Å². The Bertz CT molecular complexity index is 322. The van der Waals surface area contributed by atoms with Gasteiger partial charge in [0.25, 0.3) is 0 Å². The second-order valence-corrected chi connectivity index (χ2v) is 4.83. The first-order valence-electron chi connectivity index (χ1n) is 5.59. The highest BCUT2D eigenvalue weighted by Gasteiger charge is 2.18. The van der Waals surface area contributed by atoms with E-state index in [0.29, 0.717) is 0 Å². The molecule has 0 rings (SSSR count). The summed E-state index contributed by atoms with van der Waals surface area (Å²) in [5.74, 6) is -2.18. The average Bonchev–Trinajstić information content (AvgIpc) is 2.13. The third-order valence-electron chi connectivity index (χ3n) is 1.78. The van der Waals surface area contributed by atoms with Crippen molar-refractivity contribution in [2.24, 2.45) is 5.73 Å². The molecule has 0 bridgehead atoms. The number of nitrogens with one attached hydrogen (secondary N) is 1. The van der Waals surface area contributed by atoms with Crippen molar-refractivity contribution in [1.82, 2.24) is 5.32 Å². The lowest BCUT2D eigenvalue weighted by molar-refractivity contribution is -0.154. The van der Waals surface area contributed by atoms with Crippen LogP contribution in [-0.2, 0) is 19.1 Å². The topological polar surface area (TPSA) is 119 Å². The molecule has 0 fully saturated rings. The molecule has 0 aromatic rings. The summed E-state index contributed by atoms with van der Waals surface area (Å²) in [5, 5.41) is 10.8. The summed E-state index contributed by atoms with van der Waals surface area (Å²) in [6, 6.07) is -1.11. The number of hydrogen-bond donors (Lipinski definition) is 3. The molecule has 4 N–H and O–H groups in total. The van der Waals surface area contributed by atoms with Crippen molar-refractivity contribution in [3.8, 4) is 0 Å². The quantitative estimate of drug-likeness (QED) is 0.561. The molecule has 7 heteroatoms. The van der Waals surface area contributed by atoms with Gasteiger partial charge in [-0.3, -0.25) is 14.4 Å². The number of aliphatic carboxylic acids is 1. The smallest absolute Gasteiger partial charge is 0.308 e. The van der Waals surface area contributed by atoms with E-state index in [0.717, 1.165) is 0 Å². The predicted octanol–water partition coefficient (Wildman–Crippen LogP) is -0.364. The summed E-state index contributed by atoms with van der Waals surface area (Å²) in [6.45, 7) is 5.30. The molecule has 0 saturated carbocycles. The molecule has 0 aliphatic carbocycles. The van der Waals surface area contributed by atoms with Crippen molar-refractivity contribution in [2.45, 2.75) is 45.3 Å². The van der Waals surface area contributed by atoms with Crippen LogP contribution in [-0.4, -0.2) is 41.1 Å². The molecule has 0 spiro atoms. The van der Waals surface area contributed by atoms with Gasteiger partial charge in [-0.15, -0.1) is 0 Å². The Kier molecular flexibility index (Phi) is 6.32. The molecule has 0 radical (unpaired) electrons. The normalized spacial score (nSPS) is 12.7. The van der Waals surface area contributed by atoms with E-state index in [4.69, 9.17) is 15.6 Å². The molecular weight excluding hydrogens is 240 g/mol. The van der Waals surface area contributed by atoms with Crippen LogP contribution in [0.5, 0.6) is 0 Å². The molecule has 1 atom stereocenters. The number of hydrogen-bond acceptors (Lipinski definition) is 5. The minimum Gasteiger partial charge on any atom is -0.481 e. The van der Waals surface area contributed by atoms with Gasteiger partial charge in [0.15, 0.2) is 0 Å². The number of amides is 1. The van der Waals surface area contributed by atoms with E-state index < -0.39 is 35.9 Å². The summed E-state index contributed by atoms with van der Waals surface area (Å²) >= 11 is 0. The lowest BCUT2D eigenvalue weighted by Crippen LogP contribution is -2.42. The van der Waals surface area contributed by atoms with E-state index in [-0.39, 0.29) is 13.0 Å². The zero-order chi connectivity index (χ0) is 14.3. The second kappa shape index (κ2) is 6.95. The minimum atomic E-state index is -1.15. The Balaban J connectivity index is 3.87. The third kappa shape index (κ3) is 8.51. The van der Waals surface area contributed by atoms with Gasteiger partial charge >= 0.3 is 11.9 Å². The van der Waals surface area contributed by atoms with Gasteiger partial charge in [0, 0.05) is 6.54 Å². The van der Waals surface area contributed by atoms with Crippen LogP contribution in [0.25, 0.3) is 0 Å². The summed E-state index contributed by atoms with van der Waals surface area (Å²) < 4.78 is 5.03.